The second kappa shape index (κ2) is 6.38. The van der Waals surface area contributed by atoms with Crippen molar-refractivity contribution in [1.29, 1.82) is 0 Å². The molecule has 6 nitrogen and oxygen atoms in total. The first-order valence-corrected chi connectivity index (χ1v) is 7.35. The van der Waals surface area contributed by atoms with Gasteiger partial charge in [-0.05, 0) is 5.56 Å². The summed E-state index contributed by atoms with van der Waals surface area (Å²) in [6.07, 6.45) is 2.64. The Bertz CT molecular complexity index is 727. The number of halogens is 2. The topological polar surface area (TPSA) is 76.1 Å². The van der Waals surface area contributed by atoms with Crippen molar-refractivity contribution in [2.75, 3.05) is 19.0 Å². The Balaban J connectivity index is 1.57. The van der Waals surface area contributed by atoms with Crippen molar-refractivity contribution in [3.8, 4) is 5.75 Å². The number of methoxy groups -OCH3 is 1. The van der Waals surface area contributed by atoms with Crippen LogP contribution in [-0.4, -0.2) is 35.6 Å². The summed E-state index contributed by atoms with van der Waals surface area (Å²) in [5, 5.41) is 4.91. The number of nitrogens with one attached hydrogen (secondary N) is 2. The van der Waals surface area contributed by atoms with Crippen LogP contribution in [0.5, 0.6) is 5.75 Å². The predicted molar refractivity (Wildman–Crippen MR) is 83.2 cm³/mol. The maximum absolute atomic E-state index is 13.9. The molecule has 1 aliphatic rings. The summed E-state index contributed by atoms with van der Waals surface area (Å²) in [6.45, 7) is -0.133. The molecule has 0 spiro atoms. The van der Waals surface area contributed by atoms with Gasteiger partial charge in [-0.3, -0.25) is 5.32 Å². The molecular weight excluding hydrogens is 318 g/mol. The molecule has 126 valence electrons. The van der Waals surface area contributed by atoms with Crippen LogP contribution < -0.4 is 15.4 Å². The van der Waals surface area contributed by atoms with Crippen molar-refractivity contribution in [1.82, 2.24) is 15.3 Å². The van der Waals surface area contributed by atoms with Gasteiger partial charge in [0.25, 0.3) is 5.92 Å². The molecular formula is C16H16F2N4O2. The highest BCUT2D eigenvalue weighted by Crippen LogP contribution is 2.61. The van der Waals surface area contributed by atoms with E-state index in [4.69, 9.17) is 4.74 Å². The Hall–Kier alpha value is -2.77. The van der Waals surface area contributed by atoms with Gasteiger partial charge in [0, 0.05) is 6.54 Å². The molecule has 3 rings (SSSR count). The second-order valence-electron chi connectivity index (χ2n) is 5.44. The summed E-state index contributed by atoms with van der Waals surface area (Å²) in [7, 11) is 1.41. The van der Waals surface area contributed by atoms with Crippen LogP contribution in [0.1, 0.15) is 11.5 Å². The Kier molecular flexibility index (Phi) is 4.28. The first kappa shape index (κ1) is 16.1. The van der Waals surface area contributed by atoms with Gasteiger partial charge in [0.1, 0.15) is 6.33 Å². The largest absolute Gasteiger partial charge is 0.491 e. The van der Waals surface area contributed by atoms with E-state index in [-0.39, 0.29) is 18.1 Å². The van der Waals surface area contributed by atoms with Gasteiger partial charge in [0.05, 0.1) is 25.1 Å². The van der Waals surface area contributed by atoms with Crippen LogP contribution in [0.25, 0.3) is 0 Å². The average Bonchev–Trinajstić information content (AvgIpc) is 3.15. The zero-order valence-electron chi connectivity index (χ0n) is 12.9. The summed E-state index contributed by atoms with van der Waals surface area (Å²) in [5.41, 5.74) is 0.576. The van der Waals surface area contributed by atoms with Gasteiger partial charge in [-0.15, -0.1) is 0 Å². The second-order valence-corrected chi connectivity index (χ2v) is 5.44. The van der Waals surface area contributed by atoms with Crippen LogP contribution >= 0.6 is 0 Å². The average molecular weight is 334 g/mol. The number of hydrogen-bond donors (Lipinski definition) is 2. The molecule has 1 fully saturated rings. The molecule has 8 heteroatoms. The van der Waals surface area contributed by atoms with Crippen molar-refractivity contribution in [2.24, 2.45) is 5.92 Å². The van der Waals surface area contributed by atoms with Gasteiger partial charge in [-0.2, -0.15) is 0 Å². The third-order valence-corrected chi connectivity index (χ3v) is 3.97. The van der Waals surface area contributed by atoms with Gasteiger partial charge >= 0.3 is 6.03 Å². The lowest BCUT2D eigenvalue weighted by molar-refractivity contribution is 0.0936. The fourth-order valence-electron chi connectivity index (χ4n) is 2.67. The Labute approximate surface area is 137 Å². The van der Waals surface area contributed by atoms with E-state index in [2.05, 4.69) is 20.6 Å². The summed E-state index contributed by atoms with van der Waals surface area (Å²) in [5.74, 6) is -4.15. The van der Waals surface area contributed by atoms with Crippen molar-refractivity contribution in [3.05, 3.63) is 48.4 Å². The number of ether oxygens (including phenoxy) is 1. The van der Waals surface area contributed by atoms with Gasteiger partial charge in [0.15, 0.2) is 11.6 Å². The molecule has 0 radical (unpaired) electrons. The fraction of sp³-hybridized carbons (Fsp3) is 0.312. The number of rotatable bonds is 5. The third-order valence-electron chi connectivity index (χ3n) is 3.97. The fourth-order valence-corrected chi connectivity index (χ4v) is 2.67. The monoisotopic (exact) mass is 334 g/mol. The molecule has 0 saturated heterocycles. The maximum Gasteiger partial charge on any atom is 0.320 e. The van der Waals surface area contributed by atoms with E-state index in [0.717, 1.165) is 0 Å². The van der Waals surface area contributed by atoms with E-state index in [0.29, 0.717) is 5.56 Å². The van der Waals surface area contributed by atoms with E-state index < -0.39 is 23.8 Å². The molecule has 2 aromatic rings. The Morgan fingerprint density at radius 3 is 2.79 bits per heavy atom. The number of carbonyl (C=O) groups is 1. The van der Waals surface area contributed by atoms with Crippen LogP contribution in [-0.2, 0) is 0 Å². The van der Waals surface area contributed by atoms with Crippen LogP contribution in [0.3, 0.4) is 0 Å². The van der Waals surface area contributed by atoms with E-state index in [9.17, 15) is 13.6 Å². The van der Waals surface area contributed by atoms with E-state index >= 15 is 0 Å². The number of anilines is 1. The highest BCUT2D eigenvalue weighted by molar-refractivity contribution is 5.89. The molecule has 1 aliphatic carbocycles. The summed E-state index contributed by atoms with van der Waals surface area (Å²) in [6, 6.07) is 7.95. The van der Waals surface area contributed by atoms with E-state index in [1.807, 2.05) is 0 Å². The minimum atomic E-state index is -2.82. The predicted octanol–water partition coefficient (Wildman–Crippen LogP) is 2.66. The van der Waals surface area contributed by atoms with Gasteiger partial charge in [-0.1, -0.05) is 30.3 Å². The minimum Gasteiger partial charge on any atom is -0.491 e. The van der Waals surface area contributed by atoms with Crippen molar-refractivity contribution < 1.29 is 18.3 Å². The van der Waals surface area contributed by atoms with Gasteiger partial charge < -0.3 is 10.1 Å². The number of amides is 2. The Morgan fingerprint density at radius 2 is 2.08 bits per heavy atom. The third kappa shape index (κ3) is 3.12. The quantitative estimate of drug-likeness (QED) is 0.881. The number of nitrogens with zero attached hydrogens (tertiary/aromatic N) is 2. The van der Waals surface area contributed by atoms with Gasteiger partial charge in [-0.25, -0.2) is 23.5 Å². The molecule has 0 bridgehead atoms. The molecule has 2 N–H and O–H groups in total. The standard InChI is InChI=1S/C16H16F2N4O2/c1-24-12-8-19-9-21-14(12)22-15(23)20-7-11-13(16(11,17)18)10-5-3-2-4-6-10/h2-6,8-9,11,13H,7H2,1H3,(H2,19,20,21,22,23)/t11-,13-/m0/s1. The van der Waals surface area contributed by atoms with Crippen LogP contribution in [0.4, 0.5) is 19.4 Å². The lowest BCUT2D eigenvalue weighted by atomic mass is 10.1. The first-order valence-electron chi connectivity index (χ1n) is 7.35. The number of urea groups is 1. The highest BCUT2D eigenvalue weighted by atomic mass is 19.3. The molecule has 1 aromatic carbocycles. The first-order chi connectivity index (χ1) is 11.5. The summed E-state index contributed by atoms with van der Waals surface area (Å²) >= 11 is 0. The number of benzene rings is 1. The lowest BCUT2D eigenvalue weighted by Crippen LogP contribution is -2.31. The minimum absolute atomic E-state index is 0.133. The summed E-state index contributed by atoms with van der Waals surface area (Å²) < 4.78 is 32.9. The SMILES string of the molecule is COc1cncnc1NC(=O)NC[C@H]1[C@H](c2ccccc2)C1(F)F. The molecule has 1 heterocycles. The molecule has 1 saturated carbocycles. The molecule has 2 amide bonds. The van der Waals surface area contributed by atoms with E-state index in [1.54, 1.807) is 30.3 Å². The summed E-state index contributed by atoms with van der Waals surface area (Å²) in [4.78, 5) is 19.5. The lowest BCUT2D eigenvalue weighted by Gasteiger charge is -2.09. The van der Waals surface area contributed by atoms with Crippen molar-refractivity contribution >= 4 is 11.8 Å². The normalized spacial score (nSPS) is 21.0. The maximum atomic E-state index is 13.9. The van der Waals surface area contributed by atoms with Crippen LogP contribution in [0, 0.1) is 5.92 Å². The zero-order valence-corrected chi connectivity index (χ0v) is 12.9. The molecule has 24 heavy (non-hydrogen) atoms. The van der Waals surface area contributed by atoms with Crippen LogP contribution in [0.15, 0.2) is 42.9 Å². The number of carbonyl (C=O) groups excluding carboxylic acids is 1. The molecule has 0 aliphatic heterocycles. The zero-order chi connectivity index (χ0) is 17.2. The molecule has 1 aromatic heterocycles. The van der Waals surface area contributed by atoms with E-state index in [1.165, 1.54) is 19.6 Å². The molecule has 2 atom stereocenters. The van der Waals surface area contributed by atoms with Crippen molar-refractivity contribution in [2.45, 2.75) is 11.8 Å². The van der Waals surface area contributed by atoms with Crippen LogP contribution in [0.2, 0.25) is 0 Å². The van der Waals surface area contributed by atoms with Gasteiger partial charge in [0.2, 0.25) is 0 Å². The number of alkyl halides is 2. The smallest absolute Gasteiger partial charge is 0.320 e. The highest BCUT2D eigenvalue weighted by Gasteiger charge is 2.68. The van der Waals surface area contributed by atoms with Crippen molar-refractivity contribution in [3.63, 3.8) is 0 Å². The number of aromatic nitrogens is 2. The molecule has 0 unspecified atom stereocenters. The number of hydrogen-bond acceptors (Lipinski definition) is 4. The Morgan fingerprint density at radius 1 is 1.33 bits per heavy atom.